The van der Waals surface area contributed by atoms with Gasteiger partial charge in [0.05, 0.1) is 17.2 Å². The molecule has 0 bridgehead atoms. The highest BCUT2D eigenvalue weighted by molar-refractivity contribution is 8.26. The maximum atomic E-state index is 12.8. The van der Waals surface area contributed by atoms with Gasteiger partial charge in [-0.25, -0.2) is 4.68 Å². The van der Waals surface area contributed by atoms with Gasteiger partial charge in [0, 0.05) is 17.3 Å². The first kappa shape index (κ1) is 22.8. The number of aryl methyl sites for hydroxylation is 1. The Bertz CT molecular complexity index is 1270. The number of benzene rings is 2. The van der Waals surface area contributed by atoms with E-state index in [1.165, 1.54) is 0 Å². The lowest BCUT2D eigenvalue weighted by molar-refractivity contribution is -0.140. The molecule has 9 heteroatoms. The molecule has 0 spiro atoms. The summed E-state index contributed by atoms with van der Waals surface area (Å²) in [6.07, 6.45) is 3.57. The van der Waals surface area contributed by atoms with Crippen LogP contribution in [0.25, 0.3) is 23.0 Å². The number of thiocarbonyl (C=S) groups is 1. The summed E-state index contributed by atoms with van der Waals surface area (Å²) in [7, 11) is 0. The van der Waals surface area contributed by atoms with Crippen LogP contribution in [0, 0.1) is 6.92 Å². The summed E-state index contributed by atoms with van der Waals surface area (Å²) >= 11 is 6.32. The molecule has 4 rings (SSSR count). The molecule has 0 atom stereocenters. The van der Waals surface area contributed by atoms with Crippen LogP contribution in [-0.4, -0.2) is 49.1 Å². The molecule has 0 radical (unpaired) electrons. The maximum Gasteiger partial charge on any atom is 0.323 e. The van der Waals surface area contributed by atoms with Crippen molar-refractivity contribution in [2.45, 2.75) is 13.8 Å². The second-order valence-electron chi connectivity index (χ2n) is 7.28. The highest BCUT2D eigenvalue weighted by Crippen LogP contribution is 2.36. The molecule has 0 unspecified atom stereocenters. The van der Waals surface area contributed by atoms with Crippen LogP contribution >= 0.6 is 24.0 Å². The molecule has 1 aromatic heterocycles. The Hall–Kier alpha value is -3.43. The minimum atomic E-state index is -1.12. The van der Waals surface area contributed by atoms with Crippen LogP contribution in [0.15, 0.2) is 59.6 Å². The second kappa shape index (κ2) is 9.60. The van der Waals surface area contributed by atoms with Crippen molar-refractivity contribution in [3.05, 3.63) is 70.8 Å². The Morgan fingerprint density at radius 2 is 2.00 bits per heavy atom. The van der Waals surface area contributed by atoms with E-state index in [0.29, 0.717) is 17.2 Å². The van der Waals surface area contributed by atoms with Gasteiger partial charge in [-0.3, -0.25) is 14.5 Å². The number of nitrogens with zero attached hydrogens (tertiary/aromatic N) is 3. The number of carbonyl (C=O) groups is 2. The summed E-state index contributed by atoms with van der Waals surface area (Å²) in [5.74, 6) is -0.762. The fourth-order valence-electron chi connectivity index (χ4n) is 3.49. The van der Waals surface area contributed by atoms with E-state index in [4.69, 9.17) is 27.2 Å². The van der Waals surface area contributed by atoms with Crippen LogP contribution in [0.2, 0.25) is 0 Å². The Morgan fingerprint density at radius 3 is 2.67 bits per heavy atom. The van der Waals surface area contributed by atoms with Crippen LogP contribution in [0.4, 0.5) is 0 Å². The molecule has 3 aromatic rings. The smallest absolute Gasteiger partial charge is 0.323 e. The minimum Gasteiger partial charge on any atom is -0.494 e. The third-order valence-electron chi connectivity index (χ3n) is 4.98. The second-order valence-corrected chi connectivity index (χ2v) is 8.96. The zero-order valence-electron chi connectivity index (χ0n) is 18.0. The molecule has 168 valence electrons. The summed E-state index contributed by atoms with van der Waals surface area (Å²) in [6, 6.07) is 15.5. The number of aliphatic carboxylic acids is 1. The van der Waals surface area contributed by atoms with E-state index < -0.39 is 18.4 Å². The van der Waals surface area contributed by atoms with Crippen LogP contribution in [-0.2, 0) is 9.59 Å². The van der Waals surface area contributed by atoms with E-state index >= 15 is 0 Å². The highest BCUT2D eigenvalue weighted by Gasteiger charge is 2.33. The topological polar surface area (TPSA) is 84.7 Å². The van der Waals surface area contributed by atoms with Gasteiger partial charge in [0.15, 0.2) is 0 Å². The minimum absolute atomic E-state index is 0.225. The van der Waals surface area contributed by atoms with E-state index in [-0.39, 0.29) is 4.32 Å². The largest absolute Gasteiger partial charge is 0.494 e. The van der Waals surface area contributed by atoms with Gasteiger partial charge in [-0.15, -0.1) is 0 Å². The third-order valence-corrected chi connectivity index (χ3v) is 6.36. The number of carbonyl (C=O) groups excluding carboxylic acids is 1. The average Bonchev–Trinajstić information content (AvgIpc) is 3.31. The van der Waals surface area contributed by atoms with E-state index in [0.717, 1.165) is 44.8 Å². The summed E-state index contributed by atoms with van der Waals surface area (Å²) in [4.78, 5) is 25.4. The predicted molar refractivity (Wildman–Crippen MR) is 132 cm³/mol. The van der Waals surface area contributed by atoms with Gasteiger partial charge in [0.25, 0.3) is 5.91 Å². The molecule has 0 saturated carbocycles. The molecule has 1 amide bonds. The van der Waals surface area contributed by atoms with Crippen LogP contribution < -0.4 is 4.74 Å². The molecule has 1 fully saturated rings. The van der Waals surface area contributed by atoms with Crippen LogP contribution in [0.3, 0.4) is 0 Å². The summed E-state index contributed by atoms with van der Waals surface area (Å²) < 4.78 is 7.59. The van der Waals surface area contributed by atoms with Crippen LogP contribution in [0.1, 0.15) is 18.1 Å². The zero-order valence-corrected chi connectivity index (χ0v) is 19.7. The zero-order chi connectivity index (χ0) is 23.5. The monoisotopic (exact) mass is 479 g/mol. The predicted octanol–water partition coefficient (Wildman–Crippen LogP) is 4.53. The molecule has 2 heterocycles. The van der Waals surface area contributed by atoms with Crippen molar-refractivity contribution in [2.75, 3.05) is 13.2 Å². The number of amides is 1. The van der Waals surface area contributed by atoms with Crippen molar-refractivity contribution >= 4 is 46.3 Å². The molecule has 33 heavy (non-hydrogen) atoms. The maximum absolute atomic E-state index is 12.8. The van der Waals surface area contributed by atoms with Gasteiger partial charge < -0.3 is 9.84 Å². The average molecular weight is 480 g/mol. The normalized spacial score (nSPS) is 14.8. The number of hydrogen-bond donors (Lipinski definition) is 1. The number of ether oxygens (including phenoxy) is 1. The lowest BCUT2D eigenvalue weighted by Gasteiger charge is -2.10. The van der Waals surface area contributed by atoms with Crippen molar-refractivity contribution < 1.29 is 19.4 Å². The van der Waals surface area contributed by atoms with Gasteiger partial charge in [-0.2, -0.15) is 5.10 Å². The summed E-state index contributed by atoms with van der Waals surface area (Å²) in [5, 5.41) is 13.9. The lowest BCUT2D eigenvalue weighted by Crippen LogP contribution is -2.33. The highest BCUT2D eigenvalue weighted by atomic mass is 32.2. The van der Waals surface area contributed by atoms with E-state index in [2.05, 4.69) is 0 Å². The van der Waals surface area contributed by atoms with Gasteiger partial charge in [-0.05, 0) is 55.8 Å². The Morgan fingerprint density at radius 1 is 1.24 bits per heavy atom. The molecule has 2 aromatic carbocycles. The molecule has 1 saturated heterocycles. The van der Waals surface area contributed by atoms with Gasteiger partial charge in [0.2, 0.25) is 0 Å². The third kappa shape index (κ3) is 4.84. The molecule has 1 N–H and O–H groups in total. The molecule has 7 nitrogen and oxygen atoms in total. The SMILES string of the molecule is CCOc1ccc(-c2nn(-c3ccccc3)cc2/C=C2\SC(=S)N(CC(=O)O)C2=O)c(C)c1. The number of para-hydroxylation sites is 1. The Balaban J connectivity index is 1.80. The molecular weight excluding hydrogens is 458 g/mol. The van der Waals surface area contributed by atoms with Gasteiger partial charge in [0.1, 0.15) is 22.3 Å². The first-order chi connectivity index (χ1) is 15.9. The summed E-state index contributed by atoms with van der Waals surface area (Å²) in [6.45, 7) is 4.03. The number of hydrogen-bond acceptors (Lipinski definition) is 6. The molecule has 1 aliphatic rings. The lowest BCUT2D eigenvalue weighted by atomic mass is 10.0. The van der Waals surface area contributed by atoms with Crippen molar-refractivity contribution in [1.29, 1.82) is 0 Å². The number of aromatic nitrogens is 2. The van der Waals surface area contributed by atoms with Gasteiger partial charge >= 0.3 is 5.97 Å². The van der Waals surface area contributed by atoms with E-state index in [1.807, 2.05) is 68.6 Å². The molecule has 1 aliphatic heterocycles. The summed E-state index contributed by atoms with van der Waals surface area (Å²) in [5.41, 5.74) is 4.18. The Kier molecular flexibility index (Phi) is 6.62. The Labute approximate surface area is 200 Å². The standard InChI is InChI=1S/C24H21N3O4S2/c1-3-31-18-9-10-19(15(2)11-18)22-16(13-27(25-22)17-7-5-4-6-8-17)12-20-23(30)26(14-21(28)29)24(32)33-20/h4-13H,3,14H2,1-2H3,(H,28,29)/b20-12-. The van der Waals surface area contributed by atoms with Gasteiger partial charge in [-0.1, -0.05) is 42.2 Å². The molecular formula is C24H21N3O4S2. The number of carboxylic acid groups (broad SMARTS) is 1. The molecule has 0 aliphatic carbocycles. The number of thioether (sulfide) groups is 1. The van der Waals surface area contributed by atoms with E-state index in [1.54, 1.807) is 10.8 Å². The van der Waals surface area contributed by atoms with Crippen molar-refractivity contribution in [2.24, 2.45) is 0 Å². The van der Waals surface area contributed by atoms with Crippen LogP contribution in [0.5, 0.6) is 5.75 Å². The van der Waals surface area contributed by atoms with Crippen molar-refractivity contribution in [3.63, 3.8) is 0 Å². The fraction of sp³-hybridized carbons (Fsp3) is 0.167. The number of carboxylic acids is 1. The quantitative estimate of drug-likeness (QED) is 0.394. The van der Waals surface area contributed by atoms with Crippen molar-refractivity contribution in [3.8, 4) is 22.7 Å². The first-order valence-corrected chi connectivity index (χ1v) is 11.5. The first-order valence-electron chi connectivity index (χ1n) is 10.2. The number of rotatable bonds is 7. The van der Waals surface area contributed by atoms with E-state index in [9.17, 15) is 9.59 Å². The fourth-order valence-corrected chi connectivity index (χ4v) is 4.73. The van der Waals surface area contributed by atoms with Crippen molar-refractivity contribution in [1.82, 2.24) is 14.7 Å².